The van der Waals surface area contributed by atoms with Gasteiger partial charge in [0.05, 0.1) is 19.8 Å². The Morgan fingerprint density at radius 1 is 1.40 bits per heavy atom. The number of ether oxygens (including phenoxy) is 2. The van der Waals surface area contributed by atoms with Crippen molar-refractivity contribution in [2.45, 2.75) is 33.0 Å². The molecule has 3 heteroatoms. The highest BCUT2D eigenvalue weighted by atomic mass is 16.5. The summed E-state index contributed by atoms with van der Waals surface area (Å²) in [4.78, 5) is 0. The molecule has 1 atom stereocenters. The number of benzene rings is 1. The second kappa shape index (κ2) is 5.61. The van der Waals surface area contributed by atoms with E-state index in [9.17, 15) is 0 Å². The zero-order chi connectivity index (χ0) is 11.3. The van der Waals surface area contributed by atoms with E-state index in [0.717, 1.165) is 23.4 Å². The van der Waals surface area contributed by atoms with Gasteiger partial charge in [0.2, 0.25) is 0 Å². The van der Waals surface area contributed by atoms with E-state index in [2.05, 4.69) is 13.8 Å². The molecule has 0 aromatic heterocycles. The number of methoxy groups -OCH3 is 1. The number of hydrogen-bond acceptors (Lipinski definition) is 3. The molecular weight excluding hydrogens is 190 g/mol. The molecule has 0 bridgehead atoms. The molecule has 0 saturated heterocycles. The van der Waals surface area contributed by atoms with Crippen molar-refractivity contribution in [3.8, 4) is 5.75 Å². The third kappa shape index (κ3) is 3.44. The van der Waals surface area contributed by atoms with E-state index < -0.39 is 0 Å². The van der Waals surface area contributed by atoms with E-state index in [4.69, 9.17) is 15.2 Å². The highest BCUT2D eigenvalue weighted by molar-refractivity contribution is 5.47. The summed E-state index contributed by atoms with van der Waals surface area (Å²) < 4.78 is 10.9. The Bertz CT molecular complexity index is 312. The average Bonchev–Trinajstić information content (AvgIpc) is 2.26. The molecule has 1 aromatic rings. The van der Waals surface area contributed by atoms with Crippen LogP contribution < -0.4 is 10.5 Å². The number of hydrogen-bond donors (Lipinski definition) is 1. The van der Waals surface area contributed by atoms with Crippen LogP contribution in [0.25, 0.3) is 0 Å². The molecule has 0 radical (unpaired) electrons. The Hall–Kier alpha value is -1.22. The van der Waals surface area contributed by atoms with Crippen LogP contribution in [0, 0.1) is 0 Å². The van der Waals surface area contributed by atoms with Crippen molar-refractivity contribution in [2.24, 2.45) is 0 Å². The zero-order valence-electron chi connectivity index (χ0n) is 9.62. The van der Waals surface area contributed by atoms with Gasteiger partial charge in [-0.2, -0.15) is 0 Å². The highest BCUT2D eigenvalue weighted by Gasteiger charge is 2.05. The van der Waals surface area contributed by atoms with Crippen LogP contribution in [-0.4, -0.2) is 13.2 Å². The molecular formula is C12H19NO2. The largest absolute Gasteiger partial charge is 0.496 e. The normalized spacial score (nSPS) is 12.5. The van der Waals surface area contributed by atoms with E-state index in [1.807, 2.05) is 18.2 Å². The minimum atomic E-state index is 0.260. The van der Waals surface area contributed by atoms with Gasteiger partial charge in [0.15, 0.2) is 0 Å². The Balaban J connectivity index is 2.69. The van der Waals surface area contributed by atoms with Crippen LogP contribution in [0.2, 0.25) is 0 Å². The lowest BCUT2D eigenvalue weighted by Gasteiger charge is -2.13. The smallest absolute Gasteiger partial charge is 0.124 e. The average molecular weight is 209 g/mol. The van der Waals surface area contributed by atoms with Crippen molar-refractivity contribution in [3.05, 3.63) is 23.8 Å². The Kier molecular flexibility index (Phi) is 4.43. The standard InChI is InChI=1S/C12H19NO2/c1-4-9(2)15-8-10-7-11(13)5-6-12(10)14-3/h5-7,9H,4,8,13H2,1-3H3. The van der Waals surface area contributed by atoms with Gasteiger partial charge in [-0.3, -0.25) is 0 Å². The molecule has 3 nitrogen and oxygen atoms in total. The molecule has 15 heavy (non-hydrogen) atoms. The maximum Gasteiger partial charge on any atom is 0.124 e. The lowest BCUT2D eigenvalue weighted by atomic mass is 10.2. The summed E-state index contributed by atoms with van der Waals surface area (Å²) in [6.45, 7) is 4.70. The first-order valence-corrected chi connectivity index (χ1v) is 5.21. The van der Waals surface area contributed by atoms with Gasteiger partial charge in [-0.15, -0.1) is 0 Å². The second-order valence-corrected chi connectivity index (χ2v) is 3.60. The number of anilines is 1. The van der Waals surface area contributed by atoms with E-state index in [-0.39, 0.29) is 6.10 Å². The fourth-order valence-electron chi connectivity index (χ4n) is 1.26. The Morgan fingerprint density at radius 3 is 2.73 bits per heavy atom. The minimum Gasteiger partial charge on any atom is -0.496 e. The Labute approximate surface area is 91.2 Å². The van der Waals surface area contributed by atoms with Crippen LogP contribution in [-0.2, 0) is 11.3 Å². The SMILES string of the molecule is CCC(C)OCc1cc(N)ccc1OC. The summed E-state index contributed by atoms with van der Waals surface area (Å²) in [5.41, 5.74) is 7.44. The van der Waals surface area contributed by atoms with Gasteiger partial charge in [-0.25, -0.2) is 0 Å². The fourth-order valence-corrected chi connectivity index (χ4v) is 1.26. The highest BCUT2D eigenvalue weighted by Crippen LogP contribution is 2.22. The molecule has 0 aliphatic heterocycles. The third-order valence-electron chi connectivity index (χ3n) is 2.40. The van der Waals surface area contributed by atoms with Gasteiger partial charge in [0.25, 0.3) is 0 Å². The second-order valence-electron chi connectivity index (χ2n) is 3.60. The first kappa shape index (κ1) is 11.9. The van der Waals surface area contributed by atoms with Crippen molar-refractivity contribution in [2.75, 3.05) is 12.8 Å². The first-order valence-electron chi connectivity index (χ1n) is 5.21. The van der Waals surface area contributed by atoms with Crippen LogP contribution in [0.4, 0.5) is 5.69 Å². The third-order valence-corrected chi connectivity index (χ3v) is 2.40. The molecule has 2 N–H and O–H groups in total. The lowest BCUT2D eigenvalue weighted by Crippen LogP contribution is -2.07. The molecule has 1 rings (SSSR count). The van der Waals surface area contributed by atoms with E-state index in [0.29, 0.717) is 6.61 Å². The topological polar surface area (TPSA) is 44.5 Å². The van der Waals surface area contributed by atoms with Gasteiger partial charge in [-0.05, 0) is 31.5 Å². The molecule has 0 amide bonds. The number of rotatable bonds is 5. The summed E-state index contributed by atoms with van der Waals surface area (Å²) in [6.07, 6.45) is 1.26. The van der Waals surface area contributed by atoms with Crippen molar-refractivity contribution in [3.63, 3.8) is 0 Å². The summed E-state index contributed by atoms with van der Waals surface area (Å²) in [5.74, 6) is 0.826. The van der Waals surface area contributed by atoms with Crippen molar-refractivity contribution in [1.29, 1.82) is 0 Å². The fraction of sp³-hybridized carbons (Fsp3) is 0.500. The number of nitrogen functional groups attached to an aromatic ring is 1. The maximum absolute atomic E-state index is 5.71. The van der Waals surface area contributed by atoms with Crippen molar-refractivity contribution >= 4 is 5.69 Å². The van der Waals surface area contributed by atoms with Gasteiger partial charge in [0.1, 0.15) is 5.75 Å². The minimum absolute atomic E-state index is 0.260. The molecule has 84 valence electrons. The lowest BCUT2D eigenvalue weighted by molar-refractivity contribution is 0.0497. The molecule has 0 heterocycles. The summed E-state index contributed by atoms with van der Waals surface area (Å²) in [6, 6.07) is 5.58. The quantitative estimate of drug-likeness (QED) is 0.758. The van der Waals surface area contributed by atoms with Gasteiger partial charge < -0.3 is 15.2 Å². The summed E-state index contributed by atoms with van der Waals surface area (Å²) >= 11 is 0. The van der Waals surface area contributed by atoms with E-state index >= 15 is 0 Å². The van der Waals surface area contributed by atoms with Gasteiger partial charge in [0, 0.05) is 11.3 Å². The zero-order valence-corrected chi connectivity index (χ0v) is 9.62. The predicted molar refractivity (Wildman–Crippen MR) is 61.9 cm³/mol. The van der Waals surface area contributed by atoms with Crippen molar-refractivity contribution in [1.82, 2.24) is 0 Å². The monoisotopic (exact) mass is 209 g/mol. The van der Waals surface area contributed by atoms with Crippen LogP contribution in [0.5, 0.6) is 5.75 Å². The van der Waals surface area contributed by atoms with Gasteiger partial charge in [-0.1, -0.05) is 6.92 Å². The van der Waals surface area contributed by atoms with Crippen LogP contribution in [0.15, 0.2) is 18.2 Å². The molecule has 0 saturated carbocycles. The summed E-state index contributed by atoms with van der Waals surface area (Å²) in [7, 11) is 1.65. The number of nitrogens with two attached hydrogens (primary N) is 1. The molecule has 0 aliphatic carbocycles. The van der Waals surface area contributed by atoms with Crippen LogP contribution in [0.3, 0.4) is 0 Å². The van der Waals surface area contributed by atoms with Crippen molar-refractivity contribution < 1.29 is 9.47 Å². The van der Waals surface area contributed by atoms with Crippen LogP contribution >= 0.6 is 0 Å². The van der Waals surface area contributed by atoms with Crippen LogP contribution in [0.1, 0.15) is 25.8 Å². The molecule has 1 unspecified atom stereocenters. The predicted octanol–water partition coefficient (Wildman–Crippen LogP) is 2.59. The maximum atomic E-state index is 5.71. The van der Waals surface area contributed by atoms with E-state index in [1.54, 1.807) is 7.11 Å². The molecule has 1 aromatic carbocycles. The molecule has 0 spiro atoms. The van der Waals surface area contributed by atoms with Gasteiger partial charge >= 0.3 is 0 Å². The van der Waals surface area contributed by atoms with E-state index in [1.165, 1.54) is 0 Å². The summed E-state index contributed by atoms with van der Waals surface area (Å²) in [5, 5.41) is 0. The first-order chi connectivity index (χ1) is 7.17. The Morgan fingerprint density at radius 2 is 2.13 bits per heavy atom. The molecule has 0 aliphatic rings. The molecule has 0 fully saturated rings.